The van der Waals surface area contributed by atoms with Crippen LogP contribution in [0, 0.1) is 0 Å². The summed E-state index contributed by atoms with van der Waals surface area (Å²) in [5.41, 5.74) is 1.17. The SMILES string of the molecule is CCCCN(CCC)C(=O)C(=O)N1CCN(c2ccccc2)CC1. The number of hydrogen-bond acceptors (Lipinski definition) is 3. The van der Waals surface area contributed by atoms with E-state index >= 15 is 0 Å². The van der Waals surface area contributed by atoms with Gasteiger partial charge < -0.3 is 14.7 Å². The Morgan fingerprint density at radius 3 is 2.21 bits per heavy atom. The highest BCUT2D eigenvalue weighted by Gasteiger charge is 2.29. The van der Waals surface area contributed by atoms with Crippen LogP contribution in [0.3, 0.4) is 0 Å². The van der Waals surface area contributed by atoms with E-state index in [1.54, 1.807) is 9.80 Å². The first kappa shape index (κ1) is 18.3. The van der Waals surface area contributed by atoms with Gasteiger partial charge in [0.25, 0.3) is 0 Å². The molecule has 0 unspecified atom stereocenters. The monoisotopic (exact) mass is 331 g/mol. The minimum absolute atomic E-state index is 0.335. The molecular weight excluding hydrogens is 302 g/mol. The fraction of sp³-hybridized carbons (Fsp3) is 0.579. The molecule has 0 spiro atoms. The van der Waals surface area contributed by atoms with Crippen LogP contribution < -0.4 is 4.90 Å². The second-order valence-corrected chi connectivity index (χ2v) is 6.26. The van der Waals surface area contributed by atoms with Crippen LogP contribution in [0.25, 0.3) is 0 Å². The Balaban J connectivity index is 1.90. The van der Waals surface area contributed by atoms with E-state index in [-0.39, 0.29) is 11.8 Å². The zero-order chi connectivity index (χ0) is 17.4. The van der Waals surface area contributed by atoms with Gasteiger partial charge in [-0.3, -0.25) is 9.59 Å². The summed E-state index contributed by atoms with van der Waals surface area (Å²) in [6.45, 7) is 8.22. The molecule has 5 heteroatoms. The van der Waals surface area contributed by atoms with Crippen molar-refractivity contribution in [2.24, 2.45) is 0 Å². The molecule has 1 aliphatic rings. The molecule has 0 saturated carbocycles. The summed E-state index contributed by atoms with van der Waals surface area (Å²) in [7, 11) is 0. The van der Waals surface area contributed by atoms with Gasteiger partial charge in [0.2, 0.25) is 0 Å². The molecule has 1 fully saturated rings. The highest BCUT2D eigenvalue weighted by atomic mass is 16.2. The summed E-state index contributed by atoms with van der Waals surface area (Å²) in [6.07, 6.45) is 2.85. The summed E-state index contributed by atoms with van der Waals surface area (Å²) in [6, 6.07) is 10.2. The van der Waals surface area contributed by atoms with Crippen LogP contribution in [0.4, 0.5) is 5.69 Å². The molecule has 1 heterocycles. The van der Waals surface area contributed by atoms with Crippen molar-refractivity contribution < 1.29 is 9.59 Å². The van der Waals surface area contributed by atoms with E-state index < -0.39 is 0 Å². The van der Waals surface area contributed by atoms with E-state index in [1.165, 1.54) is 5.69 Å². The van der Waals surface area contributed by atoms with Gasteiger partial charge in [-0.2, -0.15) is 0 Å². The van der Waals surface area contributed by atoms with Crippen LogP contribution in [-0.2, 0) is 9.59 Å². The average Bonchev–Trinajstić information content (AvgIpc) is 2.65. The summed E-state index contributed by atoms with van der Waals surface area (Å²) < 4.78 is 0. The van der Waals surface area contributed by atoms with Gasteiger partial charge in [0, 0.05) is 45.0 Å². The standard InChI is InChI=1S/C19H29N3O2/c1-3-5-12-21(11-4-2)18(23)19(24)22-15-13-20(14-16-22)17-9-7-6-8-10-17/h6-10H,3-5,11-16H2,1-2H3. The van der Waals surface area contributed by atoms with Gasteiger partial charge in [-0.1, -0.05) is 38.5 Å². The molecular formula is C19H29N3O2. The Morgan fingerprint density at radius 1 is 0.958 bits per heavy atom. The Hall–Kier alpha value is -2.04. The predicted molar refractivity (Wildman–Crippen MR) is 97.0 cm³/mol. The van der Waals surface area contributed by atoms with Gasteiger partial charge in [0.1, 0.15) is 0 Å². The van der Waals surface area contributed by atoms with Crippen molar-refractivity contribution in [3.63, 3.8) is 0 Å². The van der Waals surface area contributed by atoms with Crippen LogP contribution in [0.15, 0.2) is 30.3 Å². The zero-order valence-electron chi connectivity index (χ0n) is 14.9. The molecule has 1 saturated heterocycles. The number of piperazine rings is 1. The lowest BCUT2D eigenvalue weighted by atomic mass is 10.2. The first-order chi connectivity index (χ1) is 11.7. The van der Waals surface area contributed by atoms with Crippen molar-refractivity contribution in [1.82, 2.24) is 9.80 Å². The Bertz CT molecular complexity index is 525. The number of carbonyl (C=O) groups is 2. The topological polar surface area (TPSA) is 43.9 Å². The minimum atomic E-state index is -0.340. The number of nitrogens with zero attached hydrogens (tertiary/aromatic N) is 3. The van der Waals surface area contributed by atoms with E-state index in [1.807, 2.05) is 25.1 Å². The zero-order valence-corrected chi connectivity index (χ0v) is 14.9. The molecule has 0 aromatic heterocycles. The van der Waals surface area contributed by atoms with Crippen molar-refractivity contribution in [3.05, 3.63) is 30.3 Å². The third-order valence-corrected chi connectivity index (χ3v) is 4.43. The molecule has 24 heavy (non-hydrogen) atoms. The molecule has 1 aromatic rings. The largest absolute Gasteiger partial charge is 0.368 e. The normalized spacial score (nSPS) is 14.6. The molecule has 2 rings (SSSR count). The molecule has 0 N–H and O–H groups in total. The van der Waals surface area contributed by atoms with Crippen molar-refractivity contribution in [2.75, 3.05) is 44.2 Å². The van der Waals surface area contributed by atoms with E-state index in [0.29, 0.717) is 26.2 Å². The number of carbonyl (C=O) groups excluding carboxylic acids is 2. The average molecular weight is 331 g/mol. The van der Waals surface area contributed by atoms with Crippen molar-refractivity contribution in [1.29, 1.82) is 0 Å². The molecule has 0 aliphatic carbocycles. The number of benzene rings is 1. The molecule has 2 amide bonds. The fourth-order valence-corrected chi connectivity index (χ4v) is 3.01. The predicted octanol–water partition coefficient (Wildman–Crippen LogP) is 2.37. The highest BCUT2D eigenvalue weighted by Crippen LogP contribution is 2.16. The summed E-state index contributed by atoms with van der Waals surface area (Å²) >= 11 is 0. The van der Waals surface area contributed by atoms with Crippen LogP contribution in [0.1, 0.15) is 33.1 Å². The third-order valence-electron chi connectivity index (χ3n) is 4.43. The summed E-state index contributed by atoms with van der Waals surface area (Å²) in [5, 5.41) is 0. The highest BCUT2D eigenvalue weighted by molar-refractivity contribution is 6.34. The summed E-state index contributed by atoms with van der Waals surface area (Å²) in [4.78, 5) is 30.7. The first-order valence-electron chi connectivity index (χ1n) is 9.05. The van der Waals surface area contributed by atoms with Crippen LogP contribution in [0.2, 0.25) is 0 Å². The van der Waals surface area contributed by atoms with E-state index in [0.717, 1.165) is 32.4 Å². The van der Waals surface area contributed by atoms with E-state index in [9.17, 15) is 9.59 Å². The van der Waals surface area contributed by atoms with Gasteiger partial charge in [-0.25, -0.2) is 0 Å². The maximum Gasteiger partial charge on any atom is 0.312 e. The second kappa shape index (κ2) is 9.30. The van der Waals surface area contributed by atoms with Gasteiger partial charge in [0.15, 0.2) is 0 Å². The molecule has 1 aliphatic heterocycles. The Morgan fingerprint density at radius 2 is 1.62 bits per heavy atom. The van der Waals surface area contributed by atoms with E-state index in [2.05, 4.69) is 24.0 Å². The number of amides is 2. The molecule has 0 atom stereocenters. The third kappa shape index (κ3) is 4.73. The number of anilines is 1. The maximum absolute atomic E-state index is 12.5. The molecule has 0 bridgehead atoms. The molecule has 132 valence electrons. The van der Waals surface area contributed by atoms with Gasteiger partial charge in [-0.15, -0.1) is 0 Å². The Labute approximate surface area is 145 Å². The number of para-hydroxylation sites is 1. The lowest BCUT2D eigenvalue weighted by molar-refractivity contribution is -0.152. The fourth-order valence-electron chi connectivity index (χ4n) is 3.01. The minimum Gasteiger partial charge on any atom is -0.368 e. The van der Waals surface area contributed by atoms with Crippen molar-refractivity contribution in [2.45, 2.75) is 33.1 Å². The summed E-state index contributed by atoms with van der Waals surface area (Å²) in [5.74, 6) is -0.675. The van der Waals surface area contributed by atoms with Crippen molar-refractivity contribution >= 4 is 17.5 Å². The number of hydrogen-bond donors (Lipinski definition) is 0. The van der Waals surface area contributed by atoms with Crippen LogP contribution >= 0.6 is 0 Å². The lowest BCUT2D eigenvalue weighted by Crippen LogP contribution is -2.53. The Kier molecular flexibility index (Phi) is 7.09. The second-order valence-electron chi connectivity index (χ2n) is 6.26. The lowest BCUT2D eigenvalue weighted by Gasteiger charge is -2.36. The van der Waals surface area contributed by atoms with Crippen LogP contribution in [0.5, 0.6) is 0 Å². The van der Waals surface area contributed by atoms with Crippen molar-refractivity contribution in [3.8, 4) is 0 Å². The number of unbranched alkanes of at least 4 members (excludes halogenated alkanes) is 1. The van der Waals surface area contributed by atoms with Crippen LogP contribution in [-0.4, -0.2) is 60.9 Å². The van der Waals surface area contributed by atoms with E-state index in [4.69, 9.17) is 0 Å². The van der Waals surface area contributed by atoms with Gasteiger partial charge in [-0.05, 0) is 25.0 Å². The number of rotatable bonds is 6. The first-order valence-corrected chi connectivity index (χ1v) is 9.05. The van der Waals surface area contributed by atoms with Gasteiger partial charge >= 0.3 is 11.8 Å². The molecule has 0 radical (unpaired) electrons. The molecule has 1 aromatic carbocycles. The van der Waals surface area contributed by atoms with Gasteiger partial charge in [0.05, 0.1) is 0 Å². The quantitative estimate of drug-likeness (QED) is 0.752. The smallest absolute Gasteiger partial charge is 0.312 e. The maximum atomic E-state index is 12.5. The molecule has 5 nitrogen and oxygen atoms in total.